The molecule has 0 aromatic carbocycles. The topological polar surface area (TPSA) is 89.5 Å². The molecule has 0 radical (unpaired) electrons. The summed E-state index contributed by atoms with van der Waals surface area (Å²) >= 11 is 0. The summed E-state index contributed by atoms with van der Waals surface area (Å²) in [5, 5.41) is 15.6. The molecule has 0 bridgehead atoms. The maximum atomic E-state index is 12.2. The zero-order valence-electron chi connectivity index (χ0n) is 11.0. The molecule has 7 heteroatoms. The molecule has 0 unspecified atom stereocenters. The SMILES string of the molecule is C[C@@H]1CN(C(=O)N(C)Cc2cn[nH]c2)C[C@H]1C(=O)O. The molecule has 2 atom stereocenters. The van der Waals surface area contributed by atoms with Crippen LogP contribution in [0.15, 0.2) is 12.4 Å². The number of carboxylic acid groups (broad SMARTS) is 1. The summed E-state index contributed by atoms with van der Waals surface area (Å²) in [5.41, 5.74) is 0.915. The van der Waals surface area contributed by atoms with Gasteiger partial charge < -0.3 is 14.9 Å². The molecule has 19 heavy (non-hydrogen) atoms. The van der Waals surface area contributed by atoms with Gasteiger partial charge in [0.1, 0.15) is 0 Å². The van der Waals surface area contributed by atoms with Crippen LogP contribution >= 0.6 is 0 Å². The van der Waals surface area contributed by atoms with Crippen LogP contribution in [0.3, 0.4) is 0 Å². The van der Waals surface area contributed by atoms with E-state index in [1.807, 2.05) is 6.92 Å². The normalized spacial score (nSPS) is 22.5. The molecule has 1 fully saturated rings. The Morgan fingerprint density at radius 1 is 1.58 bits per heavy atom. The number of hydrogen-bond donors (Lipinski definition) is 2. The maximum Gasteiger partial charge on any atom is 0.320 e. The number of aliphatic carboxylic acids is 1. The standard InChI is InChI=1S/C12H18N4O3/c1-8-5-16(7-10(8)11(17)18)12(19)15(2)6-9-3-13-14-4-9/h3-4,8,10H,5-7H2,1-2H3,(H,13,14)(H,17,18)/t8-,10-/m1/s1. The van der Waals surface area contributed by atoms with Gasteiger partial charge in [-0.15, -0.1) is 0 Å². The summed E-state index contributed by atoms with van der Waals surface area (Å²) in [6.07, 6.45) is 3.40. The Morgan fingerprint density at radius 2 is 2.32 bits per heavy atom. The number of carbonyl (C=O) groups is 2. The van der Waals surface area contributed by atoms with Crippen LogP contribution in [-0.4, -0.2) is 57.2 Å². The average Bonchev–Trinajstić information content (AvgIpc) is 2.97. The third-order valence-electron chi connectivity index (χ3n) is 3.50. The minimum atomic E-state index is -0.833. The summed E-state index contributed by atoms with van der Waals surface area (Å²) in [5.74, 6) is -1.31. The maximum absolute atomic E-state index is 12.2. The van der Waals surface area contributed by atoms with Crippen LogP contribution in [-0.2, 0) is 11.3 Å². The molecule has 2 N–H and O–H groups in total. The number of aromatic nitrogens is 2. The van der Waals surface area contributed by atoms with Gasteiger partial charge in [0.05, 0.1) is 18.7 Å². The van der Waals surface area contributed by atoms with Crippen molar-refractivity contribution in [3.8, 4) is 0 Å². The first-order valence-electron chi connectivity index (χ1n) is 6.19. The first kappa shape index (κ1) is 13.4. The molecule has 104 valence electrons. The molecule has 2 amide bonds. The Kier molecular flexibility index (Phi) is 3.73. The van der Waals surface area contributed by atoms with Crippen molar-refractivity contribution in [3.05, 3.63) is 18.0 Å². The quantitative estimate of drug-likeness (QED) is 0.839. The summed E-state index contributed by atoms with van der Waals surface area (Å²) in [6, 6.07) is -0.142. The van der Waals surface area contributed by atoms with Gasteiger partial charge in [0.25, 0.3) is 0 Å². The fourth-order valence-corrected chi connectivity index (χ4v) is 2.39. The zero-order valence-corrected chi connectivity index (χ0v) is 11.0. The number of rotatable bonds is 3. The molecule has 7 nitrogen and oxygen atoms in total. The van der Waals surface area contributed by atoms with Crippen LogP contribution < -0.4 is 0 Å². The molecule has 0 spiro atoms. The molecule has 0 aliphatic carbocycles. The Bertz CT molecular complexity index is 460. The molecule has 1 aliphatic rings. The van der Waals surface area contributed by atoms with Crippen molar-refractivity contribution in [2.75, 3.05) is 20.1 Å². The fourth-order valence-electron chi connectivity index (χ4n) is 2.39. The summed E-state index contributed by atoms with van der Waals surface area (Å²) < 4.78 is 0. The molecule has 1 aromatic heterocycles. The van der Waals surface area contributed by atoms with Gasteiger partial charge >= 0.3 is 12.0 Å². The highest BCUT2D eigenvalue weighted by molar-refractivity contribution is 5.77. The molecule has 0 saturated carbocycles. The second kappa shape index (κ2) is 5.29. The van der Waals surface area contributed by atoms with Crippen LogP contribution in [0.4, 0.5) is 4.79 Å². The van der Waals surface area contributed by atoms with Crippen molar-refractivity contribution >= 4 is 12.0 Å². The lowest BCUT2D eigenvalue weighted by atomic mass is 9.99. The van der Waals surface area contributed by atoms with Gasteiger partial charge in [-0.1, -0.05) is 6.92 Å². The van der Waals surface area contributed by atoms with Gasteiger partial charge in [-0.05, 0) is 5.92 Å². The number of carboxylic acids is 1. The number of aromatic amines is 1. The number of hydrogen-bond acceptors (Lipinski definition) is 3. The van der Waals surface area contributed by atoms with Crippen LogP contribution in [0.2, 0.25) is 0 Å². The number of H-pyrrole nitrogens is 1. The zero-order chi connectivity index (χ0) is 14.0. The van der Waals surface area contributed by atoms with Crippen molar-refractivity contribution in [3.63, 3.8) is 0 Å². The predicted octanol–water partition coefficient (Wildman–Crippen LogP) is 0.614. The van der Waals surface area contributed by atoms with Crippen LogP contribution in [0.5, 0.6) is 0 Å². The van der Waals surface area contributed by atoms with E-state index >= 15 is 0 Å². The number of nitrogens with zero attached hydrogens (tertiary/aromatic N) is 3. The molecule has 1 aromatic rings. The van der Waals surface area contributed by atoms with Gasteiger partial charge in [-0.3, -0.25) is 9.89 Å². The lowest BCUT2D eigenvalue weighted by Crippen LogP contribution is -2.39. The van der Waals surface area contributed by atoms with Crippen LogP contribution in [0.1, 0.15) is 12.5 Å². The minimum absolute atomic E-state index is 0.0104. The highest BCUT2D eigenvalue weighted by Crippen LogP contribution is 2.24. The second-order valence-corrected chi connectivity index (χ2v) is 5.07. The van der Waals surface area contributed by atoms with Gasteiger partial charge in [-0.25, -0.2) is 4.79 Å². The monoisotopic (exact) mass is 266 g/mol. The highest BCUT2D eigenvalue weighted by atomic mass is 16.4. The van der Waals surface area contributed by atoms with E-state index in [4.69, 9.17) is 5.11 Å². The predicted molar refractivity (Wildman–Crippen MR) is 67.3 cm³/mol. The molecular weight excluding hydrogens is 248 g/mol. The van der Waals surface area contributed by atoms with Crippen molar-refractivity contribution in [2.45, 2.75) is 13.5 Å². The van der Waals surface area contributed by atoms with Crippen molar-refractivity contribution in [1.29, 1.82) is 0 Å². The number of nitrogens with one attached hydrogen (secondary N) is 1. The largest absolute Gasteiger partial charge is 0.481 e. The van der Waals surface area contributed by atoms with Crippen molar-refractivity contribution < 1.29 is 14.7 Å². The smallest absolute Gasteiger partial charge is 0.320 e. The number of likely N-dealkylation sites (tertiary alicyclic amines) is 1. The van der Waals surface area contributed by atoms with Crippen LogP contribution in [0.25, 0.3) is 0 Å². The number of carbonyl (C=O) groups excluding carboxylic acids is 1. The lowest BCUT2D eigenvalue weighted by molar-refractivity contribution is -0.142. The van der Waals surface area contributed by atoms with E-state index < -0.39 is 11.9 Å². The minimum Gasteiger partial charge on any atom is -0.481 e. The van der Waals surface area contributed by atoms with E-state index in [9.17, 15) is 9.59 Å². The number of amides is 2. The molecule has 1 saturated heterocycles. The van der Waals surface area contributed by atoms with E-state index in [1.165, 1.54) is 0 Å². The third kappa shape index (κ3) is 2.86. The van der Waals surface area contributed by atoms with E-state index in [1.54, 1.807) is 29.2 Å². The van der Waals surface area contributed by atoms with Gasteiger partial charge in [-0.2, -0.15) is 5.10 Å². The first-order valence-corrected chi connectivity index (χ1v) is 6.19. The van der Waals surface area contributed by atoms with E-state index in [-0.39, 0.29) is 18.5 Å². The van der Waals surface area contributed by atoms with Gasteiger partial charge in [0, 0.05) is 31.9 Å². The molecule has 2 rings (SSSR count). The summed E-state index contributed by atoms with van der Waals surface area (Å²) in [6.45, 7) is 3.09. The summed E-state index contributed by atoms with van der Waals surface area (Å²) in [4.78, 5) is 26.4. The Balaban J connectivity index is 1.95. The van der Waals surface area contributed by atoms with Crippen molar-refractivity contribution in [2.24, 2.45) is 11.8 Å². The van der Waals surface area contributed by atoms with Gasteiger partial charge in [0.2, 0.25) is 0 Å². The third-order valence-corrected chi connectivity index (χ3v) is 3.50. The Labute approximate surface area is 111 Å². The van der Waals surface area contributed by atoms with E-state index in [0.29, 0.717) is 13.1 Å². The number of urea groups is 1. The van der Waals surface area contributed by atoms with Crippen molar-refractivity contribution in [1.82, 2.24) is 20.0 Å². The second-order valence-electron chi connectivity index (χ2n) is 5.07. The average molecular weight is 266 g/mol. The fraction of sp³-hybridized carbons (Fsp3) is 0.583. The van der Waals surface area contributed by atoms with Gasteiger partial charge in [0.15, 0.2) is 0 Å². The van der Waals surface area contributed by atoms with Crippen LogP contribution in [0, 0.1) is 11.8 Å². The van der Waals surface area contributed by atoms with E-state index in [2.05, 4.69) is 10.2 Å². The Hall–Kier alpha value is -2.05. The molecule has 1 aliphatic heterocycles. The first-order chi connectivity index (χ1) is 8.99. The Morgan fingerprint density at radius 3 is 2.84 bits per heavy atom. The molecule has 2 heterocycles. The lowest BCUT2D eigenvalue weighted by Gasteiger charge is -2.24. The molecular formula is C12H18N4O3. The summed E-state index contributed by atoms with van der Waals surface area (Å²) in [7, 11) is 1.70. The van der Waals surface area contributed by atoms with E-state index in [0.717, 1.165) is 5.56 Å². The highest BCUT2D eigenvalue weighted by Gasteiger charge is 2.37.